The summed E-state index contributed by atoms with van der Waals surface area (Å²) in [6, 6.07) is 4.36. The van der Waals surface area contributed by atoms with Gasteiger partial charge in [-0.25, -0.2) is 0 Å². The number of fused-ring (bicyclic) bond motifs is 1. The van der Waals surface area contributed by atoms with Crippen molar-refractivity contribution < 1.29 is 27.7 Å². The molecule has 1 saturated heterocycles. The van der Waals surface area contributed by atoms with E-state index in [2.05, 4.69) is 17.1 Å². The normalized spacial score (nSPS) is 20.9. The van der Waals surface area contributed by atoms with Gasteiger partial charge in [-0.1, -0.05) is 32.2 Å². The summed E-state index contributed by atoms with van der Waals surface area (Å²) < 4.78 is 45.5. The van der Waals surface area contributed by atoms with Crippen molar-refractivity contribution in [2.45, 2.75) is 136 Å². The number of benzene rings is 1. The van der Waals surface area contributed by atoms with E-state index in [-0.39, 0.29) is 23.4 Å². The summed E-state index contributed by atoms with van der Waals surface area (Å²) in [6.07, 6.45) is 2.25. The molecule has 231 valence electrons. The fourth-order valence-corrected chi connectivity index (χ4v) is 6.12. The summed E-state index contributed by atoms with van der Waals surface area (Å²) in [5.74, 6) is 0.321. The summed E-state index contributed by atoms with van der Waals surface area (Å²) in [6.45, 7) is 17.0. The van der Waals surface area contributed by atoms with Gasteiger partial charge in [-0.2, -0.15) is 13.2 Å². The number of nitrogens with zero attached hydrogens (tertiary/aromatic N) is 1. The van der Waals surface area contributed by atoms with Crippen LogP contribution in [0.1, 0.15) is 117 Å². The Morgan fingerprint density at radius 1 is 1.02 bits per heavy atom. The molecule has 41 heavy (non-hydrogen) atoms. The number of aryl methyl sites for hydroxylation is 1. The molecule has 1 aromatic rings. The lowest BCUT2D eigenvalue weighted by Gasteiger charge is -2.44. The quantitative estimate of drug-likeness (QED) is 0.217. The lowest BCUT2D eigenvalue weighted by molar-refractivity contribution is -0.138. The highest BCUT2D eigenvalue weighted by Crippen LogP contribution is 2.45. The van der Waals surface area contributed by atoms with Crippen LogP contribution in [0, 0.1) is 11.3 Å². The zero-order valence-corrected chi connectivity index (χ0v) is 26.4. The van der Waals surface area contributed by atoms with Gasteiger partial charge in [0.2, 0.25) is 5.91 Å². The number of piperidine rings is 1. The van der Waals surface area contributed by atoms with Gasteiger partial charge in [-0.3, -0.25) is 9.69 Å². The van der Waals surface area contributed by atoms with E-state index in [4.69, 9.17) is 4.65 Å². The molecule has 5 nitrogen and oxygen atoms in total. The Balaban J connectivity index is 1.61. The smallest absolute Gasteiger partial charge is 0.416 e. The molecule has 1 aliphatic carbocycles. The molecule has 1 radical (unpaired) electrons. The molecule has 0 bridgehead atoms. The van der Waals surface area contributed by atoms with E-state index in [1.165, 1.54) is 12.1 Å². The highest BCUT2D eigenvalue weighted by Gasteiger charge is 2.44. The molecular formula is C32H51BF3N2O3. The first-order valence-electron chi connectivity index (χ1n) is 15.2. The summed E-state index contributed by atoms with van der Waals surface area (Å²) in [5, 5.41) is 13.5. The minimum atomic E-state index is -4.32. The van der Waals surface area contributed by atoms with Gasteiger partial charge in [0, 0.05) is 17.0 Å². The van der Waals surface area contributed by atoms with E-state index in [1.54, 1.807) is 27.4 Å². The highest BCUT2D eigenvalue weighted by molar-refractivity contribution is 6.27. The highest BCUT2D eigenvalue weighted by atomic mass is 19.4. The Morgan fingerprint density at radius 3 is 2.22 bits per heavy atom. The van der Waals surface area contributed by atoms with Gasteiger partial charge >= 0.3 is 6.18 Å². The summed E-state index contributed by atoms with van der Waals surface area (Å²) >= 11 is 0. The van der Waals surface area contributed by atoms with Crippen LogP contribution < -0.4 is 5.32 Å². The second kappa shape index (κ2) is 12.6. The Hall–Kier alpha value is -1.58. The van der Waals surface area contributed by atoms with Gasteiger partial charge in [0.15, 0.2) is 0 Å². The van der Waals surface area contributed by atoms with E-state index in [0.29, 0.717) is 6.42 Å². The first-order chi connectivity index (χ1) is 18.7. The molecule has 1 heterocycles. The Bertz CT molecular complexity index is 1040. The largest absolute Gasteiger partial charge is 0.433 e. The average molecular weight is 580 g/mol. The number of unbranched alkanes of at least 4 members (excludes halogenated alkanes) is 1. The zero-order chi connectivity index (χ0) is 30.9. The molecule has 1 aliphatic heterocycles. The van der Waals surface area contributed by atoms with Crippen molar-refractivity contribution in [1.82, 2.24) is 10.2 Å². The van der Waals surface area contributed by atoms with Crippen LogP contribution in [0.25, 0.3) is 0 Å². The number of nitrogens with one attached hydrogen (secondary N) is 1. The lowest BCUT2D eigenvalue weighted by atomic mass is 9.68. The van der Waals surface area contributed by atoms with E-state index < -0.39 is 28.4 Å². The molecule has 1 aromatic carbocycles. The number of halogens is 3. The van der Waals surface area contributed by atoms with Crippen molar-refractivity contribution >= 4 is 13.4 Å². The monoisotopic (exact) mass is 579 g/mol. The molecule has 0 spiro atoms. The Kier molecular flexibility index (Phi) is 10.4. The number of hydrogen-bond acceptors (Lipinski definition) is 4. The predicted molar refractivity (Wildman–Crippen MR) is 159 cm³/mol. The van der Waals surface area contributed by atoms with Crippen LogP contribution in [0.5, 0.6) is 0 Å². The summed E-state index contributed by atoms with van der Waals surface area (Å²) in [7, 11) is 1.78. The van der Waals surface area contributed by atoms with Gasteiger partial charge in [-0.05, 0) is 123 Å². The molecule has 0 aromatic heterocycles. The molecule has 2 aliphatic rings. The van der Waals surface area contributed by atoms with Crippen LogP contribution in [0.4, 0.5) is 13.2 Å². The third-order valence-electron chi connectivity index (χ3n) is 9.51. The van der Waals surface area contributed by atoms with Crippen molar-refractivity contribution in [3.05, 3.63) is 34.9 Å². The number of aliphatic hydroxyl groups is 1. The molecule has 2 atom stereocenters. The third-order valence-corrected chi connectivity index (χ3v) is 9.51. The molecular weight excluding hydrogens is 528 g/mol. The van der Waals surface area contributed by atoms with E-state index in [9.17, 15) is 23.1 Å². The van der Waals surface area contributed by atoms with Gasteiger partial charge < -0.3 is 15.1 Å². The minimum Gasteiger partial charge on any atom is -0.433 e. The van der Waals surface area contributed by atoms with Gasteiger partial charge in [-0.15, -0.1) is 0 Å². The van der Waals surface area contributed by atoms with Gasteiger partial charge in [0.25, 0.3) is 7.48 Å². The molecule has 1 amide bonds. The van der Waals surface area contributed by atoms with Crippen LogP contribution in [0.3, 0.4) is 0 Å². The lowest BCUT2D eigenvalue weighted by Crippen LogP contribution is -2.52. The van der Waals surface area contributed by atoms with Gasteiger partial charge in [0.1, 0.15) is 0 Å². The number of alkyl halides is 3. The second-order valence-electron chi connectivity index (χ2n) is 14.5. The number of carbonyl (C=O) groups is 1. The molecule has 0 saturated carbocycles. The first kappa shape index (κ1) is 33.9. The van der Waals surface area contributed by atoms with Crippen LogP contribution in [0.15, 0.2) is 18.2 Å². The first-order valence-corrected chi connectivity index (χ1v) is 15.2. The number of carbonyl (C=O) groups excluding carboxylic acids is 1. The number of rotatable bonds is 11. The van der Waals surface area contributed by atoms with Crippen molar-refractivity contribution in [3.63, 3.8) is 0 Å². The third kappa shape index (κ3) is 8.50. The number of hydrogen-bond donors (Lipinski definition) is 2. The van der Waals surface area contributed by atoms with Crippen molar-refractivity contribution in [2.75, 3.05) is 13.1 Å². The van der Waals surface area contributed by atoms with Crippen LogP contribution in [-0.2, 0) is 22.0 Å². The summed E-state index contributed by atoms with van der Waals surface area (Å²) in [5.41, 5.74) is -1.23. The van der Waals surface area contributed by atoms with Crippen molar-refractivity contribution in [1.29, 1.82) is 0 Å². The second-order valence-corrected chi connectivity index (χ2v) is 14.5. The maximum Gasteiger partial charge on any atom is 0.416 e. The molecule has 3 rings (SSSR count). The van der Waals surface area contributed by atoms with Crippen molar-refractivity contribution in [2.24, 2.45) is 11.3 Å². The fraction of sp³-hybridized carbons (Fsp3) is 0.781. The maximum atomic E-state index is 13.7. The van der Waals surface area contributed by atoms with Crippen LogP contribution >= 0.6 is 0 Å². The summed E-state index contributed by atoms with van der Waals surface area (Å²) in [4.78, 5) is 16.1. The maximum absolute atomic E-state index is 13.7. The van der Waals surface area contributed by atoms with Crippen molar-refractivity contribution in [3.8, 4) is 0 Å². The molecule has 1 fully saturated rings. The van der Waals surface area contributed by atoms with Crippen LogP contribution in [-0.4, -0.2) is 53.2 Å². The SMILES string of the molecule is CC(C)(C)NC(=O)C(C)(CCCC[B]OC(C)(C)C(C)(C)O)C1CCN(C2CCc3cc(C(F)(F)F)ccc32)CC1. The molecule has 9 heteroatoms. The average Bonchev–Trinajstić information content (AvgIpc) is 3.27. The predicted octanol–water partition coefficient (Wildman–Crippen LogP) is 7.10. The van der Waals surface area contributed by atoms with Crippen LogP contribution in [0.2, 0.25) is 6.32 Å². The standard InChI is InChI=1S/C32H51BF3N2O3/c1-28(2,3)37-27(39)31(8,17-9-10-18-33-41-30(6,7)29(4,5)40)23-15-19-38(20-16-23)26-14-11-22-21-24(32(34,35)36)12-13-25(22)26/h12-13,21,23,26,40H,9-11,14-20H2,1-8H3,(H,37,39). The van der Waals surface area contributed by atoms with E-state index in [0.717, 1.165) is 69.1 Å². The molecule has 2 N–H and O–H groups in total. The molecule has 2 unspecified atom stereocenters. The van der Waals surface area contributed by atoms with E-state index in [1.807, 2.05) is 34.6 Å². The topological polar surface area (TPSA) is 61.8 Å². The minimum absolute atomic E-state index is 0.0951. The Labute approximate surface area is 246 Å². The number of likely N-dealkylation sites (tertiary alicyclic amines) is 1. The van der Waals surface area contributed by atoms with Gasteiger partial charge in [0.05, 0.1) is 16.8 Å². The fourth-order valence-electron chi connectivity index (χ4n) is 6.12. The number of amides is 1. The zero-order valence-electron chi connectivity index (χ0n) is 26.4. The Morgan fingerprint density at radius 2 is 1.66 bits per heavy atom. The van der Waals surface area contributed by atoms with E-state index >= 15 is 0 Å².